The van der Waals surface area contributed by atoms with Crippen molar-refractivity contribution in [2.24, 2.45) is 0 Å². The maximum absolute atomic E-state index is 13.9. The number of carbonyl (C=O) groups excluding carboxylic acids is 1. The molecule has 1 aliphatic heterocycles. The number of benzene rings is 2. The van der Waals surface area contributed by atoms with E-state index in [1.165, 1.54) is 14.2 Å². The second kappa shape index (κ2) is 8.68. The molecule has 4 rings (SSSR count). The average Bonchev–Trinajstić information content (AvgIpc) is 3.22. The van der Waals surface area contributed by atoms with Crippen molar-refractivity contribution < 1.29 is 27.4 Å². The molecule has 0 bridgehead atoms. The Labute approximate surface area is 188 Å². The minimum atomic E-state index is -4.53. The molecule has 0 spiro atoms. The van der Waals surface area contributed by atoms with Gasteiger partial charge in [-0.3, -0.25) is 4.79 Å². The summed E-state index contributed by atoms with van der Waals surface area (Å²) in [6, 6.07) is 9.57. The first-order valence-corrected chi connectivity index (χ1v) is 10.2. The molecule has 33 heavy (non-hydrogen) atoms. The van der Waals surface area contributed by atoms with Crippen LogP contribution in [-0.4, -0.2) is 36.1 Å². The van der Waals surface area contributed by atoms with Crippen LogP contribution >= 0.6 is 0 Å². The lowest BCUT2D eigenvalue weighted by Gasteiger charge is -2.34. The molecule has 1 amide bonds. The van der Waals surface area contributed by atoms with Crippen molar-refractivity contribution in [1.82, 2.24) is 9.78 Å². The number of nitrogens with zero attached hydrogens (tertiary/aromatic N) is 2. The van der Waals surface area contributed by atoms with Gasteiger partial charge in [0.25, 0.3) is 5.91 Å². The zero-order valence-electron chi connectivity index (χ0n) is 18.2. The van der Waals surface area contributed by atoms with Crippen LogP contribution in [0.2, 0.25) is 0 Å². The summed E-state index contributed by atoms with van der Waals surface area (Å²) in [5.41, 5.74) is 2.05. The zero-order valence-corrected chi connectivity index (χ0v) is 18.2. The highest BCUT2D eigenvalue weighted by Gasteiger charge is 2.47. The monoisotopic (exact) mass is 460 g/mol. The summed E-state index contributed by atoms with van der Waals surface area (Å²) < 4.78 is 52.9. The van der Waals surface area contributed by atoms with Crippen molar-refractivity contribution >= 4 is 17.4 Å². The van der Waals surface area contributed by atoms with Gasteiger partial charge in [0.1, 0.15) is 22.9 Å². The number of alkyl halides is 3. The Kier molecular flexibility index (Phi) is 5.92. The van der Waals surface area contributed by atoms with Crippen molar-refractivity contribution in [3.63, 3.8) is 0 Å². The summed E-state index contributed by atoms with van der Waals surface area (Å²) in [5, 5.41) is 9.67. The Hall–Kier alpha value is -3.69. The number of fused-ring (bicyclic) bond motifs is 1. The topological polar surface area (TPSA) is 77.4 Å². The fraction of sp³-hybridized carbons (Fsp3) is 0.304. The van der Waals surface area contributed by atoms with E-state index in [1.807, 2.05) is 19.1 Å². The highest BCUT2D eigenvalue weighted by molar-refractivity contribution is 6.08. The molecule has 0 aliphatic carbocycles. The Balaban J connectivity index is 1.68. The number of methoxy groups -OCH3 is 2. The van der Waals surface area contributed by atoms with E-state index in [0.717, 1.165) is 16.4 Å². The summed E-state index contributed by atoms with van der Waals surface area (Å²) in [6.45, 7) is 1.90. The van der Waals surface area contributed by atoms with Gasteiger partial charge >= 0.3 is 6.18 Å². The van der Waals surface area contributed by atoms with Gasteiger partial charge in [-0.25, -0.2) is 4.68 Å². The minimum Gasteiger partial charge on any atom is -0.497 e. The Morgan fingerprint density at radius 3 is 2.52 bits per heavy atom. The molecule has 1 aliphatic rings. The predicted molar refractivity (Wildman–Crippen MR) is 117 cm³/mol. The minimum absolute atomic E-state index is 0.000988. The zero-order chi connectivity index (χ0) is 23.8. The van der Waals surface area contributed by atoms with Crippen molar-refractivity contribution in [1.29, 1.82) is 0 Å². The van der Waals surface area contributed by atoms with Gasteiger partial charge in [0.2, 0.25) is 0 Å². The lowest BCUT2D eigenvalue weighted by Crippen LogP contribution is -2.36. The molecule has 0 radical (unpaired) electrons. The van der Waals surface area contributed by atoms with Crippen LogP contribution in [0.25, 0.3) is 0 Å². The molecule has 2 heterocycles. The lowest BCUT2D eigenvalue weighted by atomic mass is 9.96. The van der Waals surface area contributed by atoms with Gasteiger partial charge in [-0.1, -0.05) is 29.8 Å². The maximum atomic E-state index is 13.9. The second-order valence-electron chi connectivity index (χ2n) is 7.77. The smallest absolute Gasteiger partial charge is 0.410 e. The van der Waals surface area contributed by atoms with Crippen molar-refractivity contribution in [3.8, 4) is 11.5 Å². The molecule has 174 valence electrons. The summed E-state index contributed by atoms with van der Waals surface area (Å²) in [6.07, 6.45) is -3.63. The highest BCUT2D eigenvalue weighted by Crippen LogP contribution is 2.44. The number of rotatable bonds is 5. The number of carbonyl (C=O) groups is 1. The number of halogens is 3. The third kappa shape index (κ3) is 4.46. The van der Waals surface area contributed by atoms with Gasteiger partial charge in [-0.05, 0) is 24.6 Å². The largest absolute Gasteiger partial charge is 0.497 e. The molecule has 2 N–H and O–H groups in total. The van der Waals surface area contributed by atoms with Gasteiger partial charge in [0.05, 0.1) is 32.1 Å². The second-order valence-corrected chi connectivity index (χ2v) is 7.77. The Morgan fingerprint density at radius 2 is 1.88 bits per heavy atom. The quantitative estimate of drug-likeness (QED) is 0.553. The van der Waals surface area contributed by atoms with E-state index in [0.29, 0.717) is 22.7 Å². The van der Waals surface area contributed by atoms with Crippen molar-refractivity contribution in [2.45, 2.75) is 31.6 Å². The summed E-state index contributed by atoms with van der Waals surface area (Å²) in [4.78, 5) is 13.0. The number of nitrogens with one attached hydrogen (secondary N) is 2. The van der Waals surface area contributed by atoms with Gasteiger partial charge in [-0.2, -0.15) is 18.3 Å². The van der Waals surface area contributed by atoms with E-state index in [1.54, 1.807) is 30.3 Å². The van der Waals surface area contributed by atoms with E-state index in [9.17, 15) is 18.0 Å². The van der Waals surface area contributed by atoms with Crippen LogP contribution in [0.3, 0.4) is 0 Å². The van der Waals surface area contributed by atoms with Gasteiger partial charge in [-0.15, -0.1) is 0 Å². The van der Waals surface area contributed by atoms with E-state index >= 15 is 0 Å². The first kappa shape index (κ1) is 22.5. The molecular formula is C23H23F3N4O3. The van der Waals surface area contributed by atoms with Gasteiger partial charge < -0.3 is 20.1 Å². The van der Waals surface area contributed by atoms with E-state index < -0.39 is 24.2 Å². The van der Waals surface area contributed by atoms with Crippen molar-refractivity contribution in [3.05, 3.63) is 65.4 Å². The molecule has 0 saturated heterocycles. The average molecular weight is 460 g/mol. The SMILES string of the molecule is COc1ccc(NC(=O)c2cnn3c2N[C@H](c2ccc(C)cc2)C[C@@H]3C(F)(F)F)c(OC)c1. The number of anilines is 2. The first-order chi connectivity index (χ1) is 15.7. The fourth-order valence-corrected chi connectivity index (χ4v) is 3.84. The summed E-state index contributed by atoms with van der Waals surface area (Å²) >= 11 is 0. The lowest BCUT2D eigenvalue weighted by molar-refractivity contribution is -0.173. The first-order valence-electron chi connectivity index (χ1n) is 10.2. The molecule has 1 aromatic heterocycles. The molecule has 2 atom stereocenters. The van der Waals surface area contributed by atoms with Crippen LogP contribution in [-0.2, 0) is 0 Å². The number of amides is 1. The van der Waals surface area contributed by atoms with Crippen LogP contribution in [0.1, 0.15) is 40.0 Å². The Bertz CT molecular complexity index is 1160. The summed E-state index contributed by atoms with van der Waals surface area (Å²) in [7, 11) is 2.94. The molecule has 0 unspecified atom stereocenters. The standard InChI is InChI=1S/C23H23F3N4O3/c1-13-4-6-14(7-5-13)18-11-20(23(24,25)26)30-21(28-18)16(12-27-30)22(31)29-17-9-8-15(32-2)10-19(17)33-3/h4-10,12,18,20,28H,11H2,1-3H3,(H,29,31)/t18-,20+/m0/s1. The number of aromatic nitrogens is 2. The van der Waals surface area contributed by atoms with E-state index in [2.05, 4.69) is 15.7 Å². The maximum Gasteiger partial charge on any atom is 0.410 e. The highest BCUT2D eigenvalue weighted by atomic mass is 19.4. The molecule has 10 heteroatoms. The third-order valence-electron chi connectivity index (χ3n) is 5.62. The van der Waals surface area contributed by atoms with E-state index in [4.69, 9.17) is 9.47 Å². The van der Waals surface area contributed by atoms with Crippen molar-refractivity contribution in [2.75, 3.05) is 24.9 Å². The summed E-state index contributed by atoms with van der Waals surface area (Å²) in [5.74, 6) is 0.280. The number of hydrogen-bond donors (Lipinski definition) is 2. The molecule has 0 fully saturated rings. The molecule has 2 aromatic carbocycles. The molecule has 0 saturated carbocycles. The van der Waals surface area contributed by atoms with Crippen LogP contribution in [0.5, 0.6) is 11.5 Å². The number of ether oxygens (including phenoxy) is 2. The van der Waals surface area contributed by atoms with Crippen LogP contribution in [0, 0.1) is 6.92 Å². The van der Waals surface area contributed by atoms with Gasteiger partial charge in [0, 0.05) is 12.5 Å². The molecule has 7 nitrogen and oxygen atoms in total. The fourth-order valence-electron chi connectivity index (χ4n) is 3.84. The number of aryl methyl sites for hydroxylation is 1. The Morgan fingerprint density at radius 1 is 1.15 bits per heavy atom. The van der Waals surface area contributed by atoms with Crippen LogP contribution in [0.4, 0.5) is 24.7 Å². The van der Waals surface area contributed by atoms with Gasteiger partial charge in [0.15, 0.2) is 6.04 Å². The van der Waals surface area contributed by atoms with Crippen LogP contribution < -0.4 is 20.1 Å². The molecule has 3 aromatic rings. The van der Waals surface area contributed by atoms with Crippen LogP contribution in [0.15, 0.2) is 48.7 Å². The number of hydrogen-bond acceptors (Lipinski definition) is 5. The normalized spacial score (nSPS) is 17.6. The molecular weight excluding hydrogens is 437 g/mol. The van der Waals surface area contributed by atoms with E-state index in [-0.39, 0.29) is 17.8 Å². The third-order valence-corrected chi connectivity index (χ3v) is 5.62. The predicted octanol–water partition coefficient (Wildman–Crippen LogP) is 5.12.